The fourth-order valence-corrected chi connectivity index (χ4v) is 4.33. The van der Waals surface area contributed by atoms with Gasteiger partial charge in [0.2, 0.25) is 5.89 Å². The van der Waals surface area contributed by atoms with Crippen molar-refractivity contribution in [3.05, 3.63) is 63.7 Å². The number of nitrogens with zero attached hydrogens (tertiary/aromatic N) is 3. The molecule has 3 aromatic rings. The highest BCUT2D eigenvalue weighted by molar-refractivity contribution is 7.10. The molecule has 1 aliphatic rings. The van der Waals surface area contributed by atoms with E-state index in [1.165, 1.54) is 11.1 Å². The van der Waals surface area contributed by atoms with Crippen LogP contribution in [0.2, 0.25) is 0 Å². The number of thiophene rings is 1. The van der Waals surface area contributed by atoms with Gasteiger partial charge in [0.1, 0.15) is 6.26 Å². The minimum Gasteiger partial charge on any atom is -0.444 e. The summed E-state index contributed by atoms with van der Waals surface area (Å²) < 4.78 is 5.62. The van der Waals surface area contributed by atoms with Gasteiger partial charge in [0.15, 0.2) is 5.96 Å². The second-order valence-corrected chi connectivity index (χ2v) is 8.26. The molecule has 1 aliphatic heterocycles. The molecule has 0 saturated heterocycles. The monoisotopic (exact) mass is 409 g/mol. The number of aryl methyl sites for hydroxylation is 1. The summed E-state index contributed by atoms with van der Waals surface area (Å²) >= 11 is 1.88. The van der Waals surface area contributed by atoms with Crippen LogP contribution in [0.3, 0.4) is 0 Å². The Morgan fingerprint density at radius 2 is 2.10 bits per heavy atom. The number of guanidine groups is 1. The van der Waals surface area contributed by atoms with E-state index < -0.39 is 0 Å². The van der Waals surface area contributed by atoms with E-state index in [0.717, 1.165) is 49.8 Å². The zero-order chi connectivity index (χ0) is 20.1. The summed E-state index contributed by atoms with van der Waals surface area (Å²) in [6.07, 6.45) is 2.86. The van der Waals surface area contributed by atoms with Crippen molar-refractivity contribution in [3.63, 3.8) is 0 Å². The SMILES string of the molecule is CN=C(NCCN1CCc2sccc2C1)NCc1coc(-c2ccc(C)cc2)n1. The molecule has 7 heteroatoms. The maximum atomic E-state index is 5.62. The van der Waals surface area contributed by atoms with Gasteiger partial charge in [0.05, 0.1) is 12.2 Å². The molecule has 0 radical (unpaired) electrons. The molecule has 3 heterocycles. The van der Waals surface area contributed by atoms with Gasteiger partial charge < -0.3 is 15.1 Å². The predicted octanol–water partition coefficient (Wildman–Crippen LogP) is 3.43. The Morgan fingerprint density at radius 1 is 1.24 bits per heavy atom. The molecule has 0 saturated carbocycles. The van der Waals surface area contributed by atoms with Crippen LogP contribution in [0, 0.1) is 6.92 Å². The fourth-order valence-electron chi connectivity index (χ4n) is 3.44. The molecule has 0 spiro atoms. The third kappa shape index (κ3) is 5.05. The quantitative estimate of drug-likeness (QED) is 0.482. The lowest BCUT2D eigenvalue weighted by molar-refractivity contribution is 0.260. The highest BCUT2D eigenvalue weighted by atomic mass is 32.1. The number of hydrogen-bond donors (Lipinski definition) is 2. The van der Waals surface area contributed by atoms with Crippen LogP contribution >= 0.6 is 11.3 Å². The van der Waals surface area contributed by atoms with E-state index in [2.05, 4.69) is 56.0 Å². The molecule has 2 N–H and O–H groups in total. The highest BCUT2D eigenvalue weighted by Crippen LogP contribution is 2.23. The minimum atomic E-state index is 0.566. The third-order valence-electron chi connectivity index (χ3n) is 5.12. The van der Waals surface area contributed by atoms with Crippen molar-refractivity contribution in [1.82, 2.24) is 20.5 Å². The number of aliphatic imine (C=N–C) groups is 1. The minimum absolute atomic E-state index is 0.566. The molecule has 4 rings (SSSR count). The highest BCUT2D eigenvalue weighted by Gasteiger charge is 2.16. The van der Waals surface area contributed by atoms with Crippen LogP contribution in [-0.2, 0) is 19.5 Å². The molecule has 0 bridgehead atoms. The molecular weight excluding hydrogens is 382 g/mol. The Kier molecular flexibility index (Phi) is 6.27. The van der Waals surface area contributed by atoms with Crippen molar-refractivity contribution in [2.75, 3.05) is 26.7 Å². The lowest BCUT2D eigenvalue weighted by Crippen LogP contribution is -2.42. The average Bonchev–Trinajstić information content (AvgIpc) is 3.40. The lowest BCUT2D eigenvalue weighted by Gasteiger charge is -2.27. The Bertz CT molecular complexity index is 960. The first kappa shape index (κ1) is 19.7. The molecule has 0 atom stereocenters. The Labute approximate surface area is 175 Å². The van der Waals surface area contributed by atoms with Crippen molar-refractivity contribution in [3.8, 4) is 11.5 Å². The Hall–Kier alpha value is -2.64. The van der Waals surface area contributed by atoms with Gasteiger partial charge in [-0.1, -0.05) is 17.7 Å². The molecule has 0 amide bonds. The lowest BCUT2D eigenvalue weighted by atomic mass is 10.1. The normalized spacial score (nSPS) is 14.6. The van der Waals surface area contributed by atoms with Gasteiger partial charge in [0, 0.05) is 43.7 Å². The number of aromatic nitrogens is 1. The van der Waals surface area contributed by atoms with E-state index in [0.29, 0.717) is 12.4 Å². The summed E-state index contributed by atoms with van der Waals surface area (Å²) in [5.41, 5.74) is 4.54. The number of benzene rings is 1. The van der Waals surface area contributed by atoms with Crippen LogP contribution in [0.1, 0.15) is 21.7 Å². The second-order valence-electron chi connectivity index (χ2n) is 7.26. The second kappa shape index (κ2) is 9.24. The van der Waals surface area contributed by atoms with E-state index in [9.17, 15) is 0 Å². The number of fused-ring (bicyclic) bond motifs is 1. The summed E-state index contributed by atoms with van der Waals surface area (Å²) in [7, 11) is 1.79. The van der Waals surface area contributed by atoms with Crippen LogP contribution in [0.15, 0.2) is 51.4 Å². The standard InChI is InChI=1S/C22H27N5OS/c1-16-3-5-17(6-4-16)21-26-19(15-28-21)13-25-22(23-2)24-9-11-27-10-7-20-18(14-27)8-12-29-20/h3-6,8,12,15H,7,9-11,13-14H2,1-2H3,(H2,23,24,25). The van der Waals surface area contributed by atoms with Crippen molar-refractivity contribution in [1.29, 1.82) is 0 Å². The van der Waals surface area contributed by atoms with Crippen LogP contribution in [-0.4, -0.2) is 42.5 Å². The molecule has 152 valence electrons. The zero-order valence-electron chi connectivity index (χ0n) is 16.9. The van der Waals surface area contributed by atoms with Gasteiger partial charge in [-0.15, -0.1) is 11.3 Å². The van der Waals surface area contributed by atoms with Gasteiger partial charge in [-0.25, -0.2) is 4.98 Å². The van der Waals surface area contributed by atoms with Crippen LogP contribution in [0.25, 0.3) is 11.5 Å². The Morgan fingerprint density at radius 3 is 2.93 bits per heavy atom. The molecule has 1 aromatic carbocycles. The van der Waals surface area contributed by atoms with Gasteiger partial charge in [-0.2, -0.15) is 0 Å². The molecule has 0 unspecified atom stereocenters. The number of nitrogens with one attached hydrogen (secondary N) is 2. The molecule has 2 aromatic heterocycles. The first-order valence-electron chi connectivity index (χ1n) is 9.95. The van der Waals surface area contributed by atoms with Gasteiger partial charge in [-0.3, -0.25) is 9.89 Å². The zero-order valence-corrected chi connectivity index (χ0v) is 17.8. The van der Waals surface area contributed by atoms with Crippen LogP contribution in [0.4, 0.5) is 0 Å². The average molecular weight is 410 g/mol. The maximum absolute atomic E-state index is 5.62. The van der Waals surface area contributed by atoms with Crippen LogP contribution in [0.5, 0.6) is 0 Å². The molecule has 6 nitrogen and oxygen atoms in total. The van der Waals surface area contributed by atoms with E-state index in [-0.39, 0.29) is 0 Å². The van der Waals surface area contributed by atoms with Crippen molar-refractivity contribution in [2.45, 2.75) is 26.4 Å². The first-order chi connectivity index (χ1) is 14.2. The summed E-state index contributed by atoms with van der Waals surface area (Å²) in [4.78, 5) is 12.9. The number of rotatable bonds is 6. The smallest absolute Gasteiger partial charge is 0.226 e. The summed E-state index contributed by atoms with van der Waals surface area (Å²) in [5.74, 6) is 1.42. The van der Waals surface area contributed by atoms with E-state index >= 15 is 0 Å². The van der Waals surface area contributed by atoms with Crippen molar-refractivity contribution in [2.24, 2.45) is 4.99 Å². The van der Waals surface area contributed by atoms with E-state index in [1.807, 2.05) is 23.5 Å². The predicted molar refractivity (Wildman–Crippen MR) is 118 cm³/mol. The first-order valence-corrected chi connectivity index (χ1v) is 10.8. The number of hydrogen-bond acceptors (Lipinski definition) is 5. The summed E-state index contributed by atoms with van der Waals surface area (Å²) in [6, 6.07) is 10.4. The largest absolute Gasteiger partial charge is 0.444 e. The van der Waals surface area contributed by atoms with Gasteiger partial charge in [-0.05, 0) is 42.5 Å². The van der Waals surface area contributed by atoms with Gasteiger partial charge in [0.25, 0.3) is 0 Å². The van der Waals surface area contributed by atoms with Crippen molar-refractivity contribution >= 4 is 17.3 Å². The van der Waals surface area contributed by atoms with Crippen LogP contribution < -0.4 is 10.6 Å². The fraction of sp³-hybridized carbons (Fsp3) is 0.364. The molecule has 0 fully saturated rings. The van der Waals surface area contributed by atoms with Gasteiger partial charge >= 0.3 is 0 Å². The Balaban J connectivity index is 1.22. The van der Waals surface area contributed by atoms with E-state index in [4.69, 9.17) is 4.42 Å². The molecular formula is C22H27N5OS. The third-order valence-corrected chi connectivity index (χ3v) is 6.14. The topological polar surface area (TPSA) is 65.7 Å². The van der Waals surface area contributed by atoms with E-state index in [1.54, 1.807) is 18.2 Å². The number of oxazole rings is 1. The summed E-state index contributed by atoms with van der Waals surface area (Å²) in [5, 5.41) is 8.90. The maximum Gasteiger partial charge on any atom is 0.226 e. The molecule has 0 aliphatic carbocycles. The molecule has 29 heavy (non-hydrogen) atoms. The van der Waals surface area contributed by atoms with Crippen molar-refractivity contribution < 1.29 is 4.42 Å². The summed E-state index contributed by atoms with van der Waals surface area (Å²) in [6.45, 7) is 6.66.